The molecule has 2 aromatic rings. The number of aryl methyl sites for hydroxylation is 1. The van der Waals surface area contributed by atoms with Gasteiger partial charge in [0, 0.05) is 51.4 Å². The average molecular weight is 258 g/mol. The Balaban J connectivity index is 2.91. The summed E-state index contributed by atoms with van der Waals surface area (Å²) >= 11 is 0. The number of benzene rings is 1. The van der Waals surface area contributed by atoms with Gasteiger partial charge in [0.1, 0.15) is 0 Å². The number of aromatic nitrogens is 1. The van der Waals surface area contributed by atoms with Crippen molar-refractivity contribution in [3.8, 4) is 0 Å². The molecule has 0 amide bonds. The first-order chi connectivity index (χ1) is 8.97. The molecule has 102 valence electrons. The van der Waals surface area contributed by atoms with E-state index in [4.69, 9.17) is 10.7 Å². The average Bonchev–Trinajstić information content (AvgIpc) is 2.35. The molecule has 2 rings (SSSR count). The smallest absolute Gasteiger partial charge is 0.0959 e. The van der Waals surface area contributed by atoms with Crippen molar-refractivity contribution in [1.29, 1.82) is 0 Å². The summed E-state index contributed by atoms with van der Waals surface area (Å²) in [7, 11) is 8.18. The Morgan fingerprint density at radius 2 is 1.79 bits per heavy atom. The number of para-hydroxylation sites is 1. The van der Waals surface area contributed by atoms with Gasteiger partial charge in [-0.05, 0) is 13.0 Å². The van der Waals surface area contributed by atoms with Crippen molar-refractivity contribution in [2.75, 3.05) is 38.0 Å². The normalized spacial score (nSPS) is 10.8. The lowest BCUT2D eigenvalue weighted by Gasteiger charge is -2.23. The van der Waals surface area contributed by atoms with Gasteiger partial charge in [0.25, 0.3) is 0 Å². The summed E-state index contributed by atoms with van der Waals surface area (Å²) < 4.78 is 0. The van der Waals surface area contributed by atoms with Gasteiger partial charge >= 0.3 is 0 Å². The molecule has 0 aliphatic heterocycles. The molecular formula is C15H22N4. The van der Waals surface area contributed by atoms with E-state index in [0.717, 1.165) is 27.8 Å². The Morgan fingerprint density at radius 3 is 2.32 bits per heavy atom. The number of hydrogen-bond acceptors (Lipinski definition) is 4. The minimum absolute atomic E-state index is 0.508. The molecule has 0 radical (unpaired) electrons. The van der Waals surface area contributed by atoms with Crippen molar-refractivity contribution in [3.05, 3.63) is 29.5 Å². The Hall–Kier alpha value is -1.81. The molecule has 0 saturated carbocycles. The SMILES string of the molecule is Cc1nc2c(N(C)C)cccc2c(N(C)C)c1CN. The van der Waals surface area contributed by atoms with Gasteiger partial charge in [-0.15, -0.1) is 0 Å². The summed E-state index contributed by atoms with van der Waals surface area (Å²) in [4.78, 5) is 8.98. The largest absolute Gasteiger partial charge is 0.377 e. The summed E-state index contributed by atoms with van der Waals surface area (Å²) in [6, 6.07) is 6.28. The number of pyridine rings is 1. The molecule has 0 atom stereocenters. The predicted molar refractivity (Wildman–Crippen MR) is 83.0 cm³/mol. The molecule has 1 aromatic heterocycles. The maximum atomic E-state index is 5.90. The van der Waals surface area contributed by atoms with Crippen molar-refractivity contribution < 1.29 is 0 Å². The van der Waals surface area contributed by atoms with Crippen molar-refractivity contribution in [1.82, 2.24) is 4.98 Å². The summed E-state index contributed by atoms with van der Waals surface area (Å²) in [5.74, 6) is 0. The zero-order valence-electron chi connectivity index (χ0n) is 12.4. The van der Waals surface area contributed by atoms with E-state index in [1.165, 1.54) is 5.69 Å². The van der Waals surface area contributed by atoms with E-state index in [0.29, 0.717) is 6.54 Å². The van der Waals surface area contributed by atoms with Crippen LogP contribution in [0.3, 0.4) is 0 Å². The second kappa shape index (κ2) is 5.05. The maximum absolute atomic E-state index is 5.90. The summed E-state index contributed by atoms with van der Waals surface area (Å²) in [5.41, 5.74) is 11.4. The fourth-order valence-corrected chi connectivity index (χ4v) is 2.53. The zero-order chi connectivity index (χ0) is 14.2. The quantitative estimate of drug-likeness (QED) is 0.916. The molecule has 19 heavy (non-hydrogen) atoms. The van der Waals surface area contributed by atoms with Crippen molar-refractivity contribution in [3.63, 3.8) is 0 Å². The Bertz CT molecular complexity index is 603. The molecule has 0 saturated heterocycles. The highest BCUT2D eigenvalue weighted by Crippen LogP contribution is 2.34. The maximum Gasteiger partial charge on any atom is 0.0959 e. The number of hydrogen-bond donors (Lipinski definition) is 1. The van der Waals surface area contributed by atoms with Crippen LogP contribution in [-0.2, 0) is 6.54 Å². The van der Waals surface area contributed by atoms with Crippen LogP contribution in [0.1, 0.15) is 11.3 Å². The van der Waals surface area contributed by atoms with E-state index in [9.17, 15) is 0 Å². The van der Waals surface area contributed by atoms with Gasteiger partial charge in [0.2, 0.25) is 0 Å². The fraction of sp³-hybridized carbons (Fsp3) is 0.400. The highest BCUT2D eigenvalue weighted by atomic mass is 15.1. The highest BCUT2D eigenvalue weighted by Gasteiger charge is 2.15. The molecule has 1 aromatic carbocycles. The monoisotopic (exact) mass is 258 g/mol. The van der Waals surface area contributed by atoms with Crippen LogP contribution in [0.25, 0.3) is 10.9 Å². The summed E-state index contributed by atoms with van der Waals surface area (Å²) in [6.45, 7) is 2.54. The molecule has 4 heteroatoms. The molecule has 0 fully saturated rings. The first-order valence-corrected chi connectivity index (χ1v) is 6.44. The molecule has 0 aliphatic carbocycles. The van der Waals surface area contributed by atoms with Crippen LogP contribution >= 0.6 is 0 Å². The molecule has 2 N–H and O–H groups in total. The molecule has 0 unspecified atom stereocenters. The second-order valence-electron chi connectivity index (χ2n) is 5.19. The van der Waals surface area contributed by atoms with E-state index in [2.05, 4.69) is 42.1 Å². The Morgan fingerprint density at radius 1 is 1.11 bits per heavy atom. The highest BCUT2D eigenvalue weighted by molar-refractivity contribution is 6.00. The molecular weight excluding hydrogens is 236 g/mol. The van der Waals surface area contributed by atoms with Crippen LogP contribution in [0.5, 0.6) is 0 Å². The fourth-order valence-electron chi connectivity index (χ4n) is 2.53. The van der Waals surface area contributed by atoms with Gasteiger partial charge in [-0.1, -0.05) is 12.1 Å². The van der Waals surface area contributed by atoms with Gasteiger partial charge < -0.3 is 15.5 Å². The molecule has 0 bridgehead atoms. The molecule has 0 spiro atoms. The summed E-state index contributed by atoms with van der Waals surface area (Å²) in [6.07, 6.45) is 0. The number of nitrogens with two attached hydrogens (primary N) is 1. The second-order valence-corrected chi connectivity index (χ2v) is 5.19. The van der Waals surface area contributed by atoms with E-state index < -0.39 is 0 Å². The van der Waals surface area contributed by atoms with Gasteiger partial charge in [-0.25, -0.2) is 0 Å². The summed E-state index contributed by atoms with van der Waals surface area (Å²) in [5, 5.41) is 1.15. The number of fused-ring (bicyclic) bond motifs is 1. The van der Waals surface area contributed by atoms with Crippen molar-refractivity contribution in [2.45, 2.75) is 13.5 Å². The van der Waals surface area contributed by atoms with Crippen molar-refractivity contribution in [2.24, 2.45) is 5.73 Å². The van der Waals surface area contributed by atoms with Crippen LogP contribution in [0.2, 0.25) is 0 Å². The zero-order valence-corrected chi connectivity index (χ0v) is 12.4. The third kappa shape index (κ3) is 2.24. The van der Waals surface area contributed by atoms with E-state index >= 15 is 0 Å². The Kier molecular flexibility index (Phi) is 3.62. The molecule has 4 nitrogen and oxygen atoms in total. The number of anilines is 2. The van der Waals surface area contributed by atoms with Gasteiger partial charge in [-0.2, -0.15) is 0 Å². The number of rotatable bonds is 3. The lowest BCUT2D eigenvalue weighted by Crippen LogP contribution is -2.17. The lowest BCUT2D eigenvalue weighted by molar-refractivity contribution is 0.991. The number of nitrogens with zero attached hydrogens (tertiary/aromatic N) is 3. The minimum atomic E-state index is 0.508. The third-order valence-corrected chi connectivity index (χ3v) is 3.41. The van der Waals surface area contributed by atoms with Gasteiger partial charge in [0.05, 0.1) is 16.9 Å². The van der Waals surface area contributed by atoms with E-state index in [1.54, 1.807) is 0 Å². The molecule has 1 heterocycles. The first kappa shape index (κ1) is 13.6. The van der Waals surface area contributed by atoms with Crippen LogP contribution in [0.15, 0.2) is 18.2 Å². The Labute approximate surface area is 114 Å². The standard InChI is InChI=1S/C15H22N4/c1-10-12(9-16)15(19(4)5)11-7-6-8-13(18(2)3)14(11)17-10/h6-8H,9,16H2,1-5H3. The van der Waals surface area contributed by atoms with Gasteiger partial charge in [0.15, 0.2) is 0 Å². The molecule has 0 aliphatic rings. The van der Waals surface area contributed by atoms with Crippen LogP contribution in [0.4, 0.5) is 11.4 Å². The lowest BCUT2D eigenvalue weighted by atomic mass is 10.0. The van der Waals surface area contributed by atoms with E-state index in [-0.39, 0.29) is 0 Å². The third-order valence-electron chi connectivity index (χ3n) is 3.41. The van der Waals surface area contributed by atoms with E-state index in [1.807, 2.05) is 21.0 Å². The van der Waals surface area contributed by atoms with Crippen LogP contribution < -0.4 is 15.5 Å². The predicted octanol–water partition coefficient (Wildman–Crippen LogP) is 2.13. The van der Waals surface area contributed by atoms with Crippen molar-refractivity contribution >= 4 is 22.3 Å². The van der Waals surface area contributed by atoms with Crippen LogP contribution in [0, 0.1) is 6.92 Å². The van der Waals surface area contributed by atoms with Crippen LogP contribution in [-0.4, -0.2) is 33.2 Å². The van der Waals surface area contributed by atoms with Gasteiger partial charge in [-0.3, -0.25) is 4.98 Å². The minimum Gasteiger partial charge on any atom is -0.377 e. The first-order valence-electron chi connectivity index (χ1n) is 6.44. The topological polar surface area (TPSA) is 45.4 Å².